The average Bonchev–Trinajstić information content (AvgIpc) is 2.21. The molecule has 1 aromatic rings. The lowest BCUT2D eigenvalue weighted by molar-refractivity contribution is 0.460. The molecule has 0 bridgehead atoms. The molecule has 1 atom stereocenters. The van der Waals surface area contributed by atoms with Crippen LogP contribution in [0.1, 0.15) is 50.7 Å². The quantitative estimate of drug-likeness (QED) is 0.735. The topological polar surface area (TPSA) is 20.2 Å². The van der Waals surface area contributed by atoms with Crippen molar-refractivity contribution < 1.29 is 5.11 Å². The summed E-state index contributed by atoms with van der Waals surface area (Å²) in [7, 11) is 0. The molecule has 0 radical (unpaired) electrons. The van der Waals surface area contributed by atoms with Crippen molar-refractivity contribution in [3.05, 3.63) is 41.0 Å². The first-order chi connectivity index (χ1) is 7.50. The van der Waals surface area contributed by atoms with Crippen molar-refractivity contribution in [1.82, 2.24) is 0 Å². The summed E-state index contributed by atoms with van der Waals surface area (Å²) in [5.41, 5.74) is 3.64. The Balaban J connectivity index is 2.69. The third-order valence-electron chi connectivity index (χ3n) is 2.87. The molecule has 1 heteroatoms. The molecule has 0 saturated heterocycles. The van der Waals surface area contributed by atoms with Crippen LogP contribution in [0.2, 0.25) is 0 Å². The molecule has 0 fully saturated rings. The smallest absolute Gasteiger partial charge is 0.119 e. The van der Waals surface area contributed by atoms with E-state index in [1.807, 2.05) is 6.07 Å². The second-order valence-corrected chi connectivity index (χ2v) is 4.82. The van der Waals surface area contributed by atoms with E-state index in [-0.39, 0.29) is 0 Å². The Bertz CT molecular complexity index is 373. The Morgan fingerprint density at radius 3 is 2.69 bits per heavy atom. The fourth-order valence-electron chi connectivity index (χ4n) is 1.85. The molecule has 0 aromatic heterocycles. The normalized spacial score (nSPS) is 12.2. The summed E-state index contributed by atoms with van der Waals surface area (Å²) in [5, 5.41) is 9.80. The lowest BCUT2D eigenvalue weighted by Gasteiger charge is -2.13. The van der Waals surface area contributed by atoms with Crippen LogP contribution >= 0.6 is 0 Å². The van der Waals surface area contributed by atoms with Gasteiger partial charge in [-0.2, -0.15) is 0 Å². The van der Waals surface area contributed by atoms with Crippen LogP contribution in [-0.2, 0) is 0 Å². The van der Waals surface area contributed by atoms with E-state index in [0.29, 0.717) is 11.7 Å². The van der Waals surface area contributed by atoms with Gasteiger partial charge in [0.2, 0.25) is 0 Å². The van der Waals surface area contributed by atoms with Gasteiger partial charge in [-0.05, 0) is 51.2 Å². The Labute approximate surface area is 98.8 Å². The molecule has 0 aliphatic heterocycles. The van der Waals surface area contributed by atoms with Gasteiger partial charge in [-0.1, -0.05) is 36.3 Å². The minimum absolute atomic E-state index is 0.412. The first-order valence-electron chi connectivity index (χ1n) is 5.93. The number of phenols is 1. The van der Waals surface area contributed by atoms with Crippen LogP contribution in [-0.4, -0.2) is 5.11 Å². The number of hydrogen-bond donors (Lipinski definition) is 1. The van der Waals surface area contributed by atoms with E-state index in [2.05, 4.69) is 39.8 Å². The van der Waals surface area contributed by atoms with Gasteiger partial charge in [-0.3, -0.25) is 0 Å². The van der Waals surface area contributed by atoms with Crippen LogP contribution in [0.5, 0.6) is 5.75 Å². The maximum absolute atomic E-state index is 9.80. The highest BCUT2D eigenvalue weighted by molar-refractivity contribution is 5.37. The highest BCUT2D eigenvalue weighted by atomic mass is 16.3. The van der Waals surface area contributed by atoms with E-state index >= 15 is 0 Å². The van der Waals surface area contributed by atoms with E-state index in [9.17, 15) is 5.11 Å². The minimum atomic E-state index is 0.412. The molecular weight excluding hydrogens is 196 g/mol. The van der Waals surface area contributed by atoms with Gasteiger partial charge in [0, 0.05) is 0 Å². The molecule has 0 aliphatic rings. The summed E-state index contributed by atoms with van der Waals surface area (Å²) in [6.07, 6.45) is 4.42. The van der Waals surface area contributed by atoms with Crippen molar-refractivity contribution in [3.8, 4) is 5.75 Å². The van der Waals surface area contributed by atoms with Crippen LogP contribution < -0.4 is 0 Å². The summed E-state index contributed by atoms with van der Waals surface area (Å²) >= 11 is 0. The molecule has 1 rings (SSSR count). The van der Waals surface area contributed by atoms with Crippen LogP contribution in [0.15, 0.2) is 29.8 Å². The Hall–Kier alpha value is -1.24. The lowest BCUT2D eigenvalue weighted by atomic mass is 9.94. The third kappa shape index (κ3) is 3.73. The molecule has 1 aromatic carbocycles. The molecule has 88 valence electrons. The summed E-state index contributed by atoms with van der Waals surface area (Å²) in [6, 6.07) is 5.83. The van der Waals surface area contributed by atoms with E-state index in [1.54, 1.807) is 6.07 Å². The van der Waals surface area contributed by atoms with Crippen LogP contribution in [0.25, 0.3) is 0 Å². The number of rotatable bonds is 4. The number of hydrogen-bond acceptors (Lipinski definition) is 1. The fourth-order valence-corrected chi connectivity index (χ4v) is 1.85. The zero-order valence-electron chi connectivity index (χ0n) is 10.7. The van der Waals surface area contributed by atoms with Crippen molar-refractivity contribution >= 4 is 0 Å². The number of phenolic OH excluding ortho intramolecular Hbond substituents is 1. The molecular formula is C15H22O. The maximum atomic E-state index is 9.80. The standard InChI is InChI=1S/C15H22O/c1-11(2)6-5-7-13(4)14-10-12(3)8-9-15(14)16/h6,8-10,13,16H,5,7H2,1-4H3/t13-/m0/s1. The molecule has 0 amide bonds. The second kappa shape index (κ2) is 5.74. The average molecular weight is 218 g/mol. The number of aromatic hydroxyl groups is 1. The monoisotopic (exact) mass is 218 g/mol. The predicted octanol–water partition coefficient (Wildman–Crippen LogP) is 4.55. The molecule has 0 aliphatic carbocycles. The summed E-state index contributed by atoms with van der Waals surface area (Å²) in [5.74, 6) is 0.839. The molecule has 0 unspecified atom stereocenters. The fraction of sp³-hybridized carbons (Fsp3) is 0.467. The van der Waals surface area contributed by atoms with Gasteiger partial charge < -0.3 is 5.11 Å². The van der Waals surface area contributed by atoms with Gasteiger partial charge in [0.05, 0.1) is 0 Å². The van der Waals surface area contributed by atoms with Crippen molar-refractivity contribution in [2.24, 2.45) is 0 Å². The highest BCUT2D eigenvalue weighted by Crippen LogP contribution is 2.29. The molecule has 1 nitrogen and oxygen atoms in total. The van der Waals surface area contributed by atoms with Crippen molar-refractivity contribution in [1.29, 1.82) is 0 Å². The SMILES string of the molecule is CC(C)=CCC[C@H](C)c1cc(C)ccc1O. The maximum Gasteiger partial charge on any atom is 0.119 e. The number of benzene rings is 1. The largest absolute Gasteiger partial charge is 0.508 e. The van der Waals surface area contributed by atoms with Crippen molar-refractivity contribution in [2.45, 2.75) is 46.5 Å². The highest BCUT2D eigenvalue weighted by Gasteiger charge is 2.09. The van der Waals surface area contributed by atoms with Crippen LogP contribution in [0.4, 0.5) is 0 Å². The van der Waals surface area contributed by atoms with Gasteiger partial charge >= 0.3 is 0 Å². The lowest BCUT2D eigenvalue weighted by Crippen LogP contribution is -1.94. The summed E-state index contributed by atoms with van der Waals surface area (Å²) in [6.45, 7) is 8.47. The number of aryl methyl sites for hydroxylation is 1. The number of allylic oxidation sites excluding steroid dienone is 2. The Morgan fingerprint density at radius 2 is 2.06 bits per heavy atom. The first-order valence-corrected chi connectivity index (χ1v) is 5.93. The first kappa shape index (κ1) is 12.8. The van der Waals surface area contributed by atoms with Gasteiger partial charge in [0.15, 0.2) is 0 Å². The Kier molecular flexibility index (Phi) is 4.60. The predicted molar refractivity (Wildman–Crippen MR) is 69.9 cm³/mol. The molecule has 0 heterocycles. The third-order valence-corrected chi connectivity index (χ3v) is 2.87. The van der Waals surface area contributed by atoms with Crippen LogP contribution in [0, 0.1) is 6.92 Å². The summed E-state index contributed by atoms with van der Waals surface area (Å²) < 4.78 is 0. The zero-order chi connectivity index (χ0) is 12.1. The van der Waals surface area contributed by atoms with Crippen molar-refractivity contribution in [2.75, 3.05) is 0 Å². The van der Waals surface area contributed by atoms with Crippen LogP contribution in [0.3, 0.4) is 0 Å². The van der Waals surface area contributed by atoms with E-state index in [0.717, 1.165) is 18.4 Å². The molecule has 1 N–H and O–H groups in total. The van der Waals surface area contributed by atoms with Gasteiger partial charge in [0.25, 0.3) is 0 Å². The Morgan fingerprint density at radius 1 is 1.38 bits per heavy atom. The van der Waals surface area contributed by atoms with E-state index < -0.39 is 0 Å². The molecule has 16 heavy (non-hydrogen) atoms. The molecule has 0 saturated carbocycles. The summed E-state index contributed by atoms with van der Waals surface area (Å²) in [4.78, 5) is 0. The van der Waals surface area contributed by atoms with Gasteiger partial charge in [-0.15, -0.1) is 0 Å². The zero-order valence-corrected chi connectivity index (χ0v) is 10.7. The molecule has 0 spiro atoms. The second-order valence-electron chi connectivity index (χ2n) is 4.82. The van der Waals surface area contributed by atoms with Gasteiger partial charge in [-0.25, -0.2) is 0 Å². The van der Waals surface area contributed by atoms with Crippen molar-refractivity contribution in [3.63, 3.8) is 0 Å². The minimum Gasteiger partial charge on any atom is -0.508 e. The van der Waals surface area contributed by atoms with Gasteiger partial charge in [0.1, 0.15) is 5.75 Å². The van der Waals surface area contributed by atoms with E-state index in [1.165, 1.54) is 11.1 Å². The van der Waals surface area contributed by atoms with E-state index in [4.69, 9.17) is 0 Å².